The molecule has 7 heteroatoms. The Balaban J connectivity index is 4.13. The molecule has 0 aromatic heterocycles. The fourth-order valence-electron chi connectivity index (χ4n) is 0.258. The maximum atomic E-state index is 11.5. The van der Waals surface area contributed by atoms with Crippen LogP contribution in [-0.4, -0.2) is 18.3 Å². The summed E-state index contributed by atoms with van der Waals surface area (Å²) in [5.74, 6) is -2.07. The molecule has 0 aliphatic carbocycles. The van der Waals surface area contributed by atoms with Gasteiger partial charge in [-0.15, -0.1) is 0 Å². The zero-order chi connectivity index (χ0) is 9.78. The second-order valence-electron chi connectivity index (χ2n) is 1.64. The summed E-state index contributed by atoms with van der Waals surface area (Å²) in [6.07, 6.45) is -3.41. The molecule has 0 aliphatic rings. The highest BCUT2D eigenvalue weighted by atomic mass is 79.9. The highest BCUT2D eigenvalue weighted by molar-refractivity contribution is 9.12. The Kier molecular flexibility index (Phi) is 3.94. The molecule has 0 aromatic rings. The lowest BCUT2D eigenvalue weighted by molar-refractivity contribution is -0.172. The van der Waals surface area contributed by atoms with Gasteiger partial charge in [0.1, 0.15) is 0 Å². The highest BCUT2D eigenvalue weighted by Gasteiger charge is 2.37. The minimum Gasteiger partial charge on any atom is -0.324 e. The lowest BCUT2D eigenvalue weighted by Gasteiger charge is -2.02. The third-order valence-corrected chi connectivity index (χ3v) is 1.19. The molecule has 0 bridgehead atoms. The van der Waals surface area contributed by atoms with Crippen LogP contribution < -0.4 is 5.32 Å². The van der Waals surface area contributed by atoms with Crippen LogP contribution in [0.4, 0.5) is 13.2 Å². The molecule has 0 aliphatic heterocycles. The van der Waals surface area contributed by atoms with E-state index in [0.717, 1.165) is 12.4 Å². The van der Waals surface area contributed by atoms with Gasteiger partial charge in [0.2, 0.25) is 0 Å². The molecular formula is C5H4BrF3N2O. The first-order valence-electron chi connectivity index (χ1n) is 2.61. The number of nitrogens with one attached hydrogen (secondary N) is 2. The smallest absolute Gasteiger partial charge is 0.324 e. The summed E-state index contributed by atoms with van der Waals surface area (Å²) >= 11 is 2.71. The van der Waals surface area contributed by atoms with E-state index < -0.39 is 12.1 Å². The fourth-order valence-corrected chi connectivity index (χ4v) is 0.372. The predicted octanol–water partition coefficient (Wildman–Crippen LogP) is 1.55. The van der Waals surface area contributed by atoms with Crippen molar-refractivity contribution in [3.63, 3.8) is 0 Å². The molecule has 0 unspecified atom stereocenters. The highest BCUT2D eigenvalue weighted by Crippen LogP contribution is 2.14. The first-order valence-corrected chi connectivity index (χ1v) is 3.41. The van der Waals surface area contributed by atoms with Crippen molar-refractivity contribution < 1.29 is 18.0 Å². The van der Waals surface area contributed by atoms with Gasteiger partial charge >= 0.3 is 12.1 Å². The molecule has 3 nitrogen and oxygen atoms in total. The van der Waals surface area contributed by atoms with Crippen molar-refractivity contribution >= 4 is 28.1 Å². The number of carbonyl (C=O) groups excluding carboxylic acids is 1. The molecule has 2 N–H and O–H groups in total. The van der Waals surface area contributed by atoms with Crippen LogP contribution in [-0.2, 0) is 4.79 Å². The first-order chi connectivity index (χ1) is 5.38. The molecule has 0 saturated heterocycles. The SMILES string of the molecule is N=C/C(Br)=C\NC(=O)C(F)(F)F. The van der Waals surface area contributed by atoms with E-state index in [-0.39, 0.29) is 4.48 Å². The summed E-state index contributed by atoms with van der Waals surface area (Å²) in [5, 5.41) is 7.99. The van der Waals surface area contributed by atoms with Crippen LogP contribution in [0.25, 0.3) is 0 Å². The normalized spacial score (nSPS) is 12.5. The number of halogens is 4. The molecule has 0 spiro atoms. The molecule has 0 rings (SSSR count). The Morgan fingerprint density at radius 1 is 1.50 bits per heavy atom. The molecule has 0 fully saturated rings. The van der Waals surface area contributed by atoms with Gasteiger partial charge in [-0.2, -0.15) is 13.2 Å². The van der Waals surface area contributed by atoms with Gasteiger partial charge in [-0.05, 0) is 15.9 Å². The van der Waals surface area contributed by atoms with Crippen molar-refractivity contribution in [1.29, 1.82) is 5.41 Å². The van der Waals surface area contributed by atoms with E-state index in [9.17, 15) is 18.0 Å². The zero-order valence-electron chi connectivity index (χ0n) is 5.57. The number of hydrogen-bond acceptors (Lipinski definition) is 2. The summed E-state index contributed by atoms with van der Waals surface area (Å²) in [4.78, 5) is 10.1. The number of allylic oxidation sites excluding steroid dienone is 1. The van der Waals surface area contributed by atoms with Crippen LogP contribution in [0.5, 0.6) is 0 Å². The number of alkyl halides is 3. The van der Waals surface area contributed by atoms with Gasteiger partial charge in [-0.25, -0.2) is 0 Å². The van der Waals surface area contributed by atoms with E-state index in [1.807, 2.05) is 0 Å². The monoisotopic (exact) mass is 244 g/mol. The Morgan fingerprint density at radius 2 is 2.00 bits per heavy atom. The molecule has 0 aromatic carbocycles. The van der Waals surface area contributed by atoms with E-state index in [0.29, 0.717) is 0 Å². The molecule has 0 atom stereocenters. The summed E-state index contributed by atoms with van der Waals surface area (Å²) in [6.45, 7) is 0. The number of hydrogen-bond donors (Lipinski definition) is 2. The maximum Gasteiger partial charge on any atom is 0.471 e. The van der Waals surface area contributed by atoms with Crippen LogP contribution >= 0.6 is 15.9 Å². The van der Waals surface area contributed by atoms with E-state index in [4.69, 9.17) is 5.41 Å². The third-order valence-electron chi connectivity index (χ3n) is 0.737. The van der Waals surface area contributed by atoms with Gasteiger partial charge in [0, 0.05) is 12.4 Å². The largest absolute Gasteiger partial charge is 0.471 e. The molecule has 68 valence electrons. The van der Waals surface area contributed by atoms with Crippen molar-refractivity contribution in [2.75, 3.05) is 0 Å². The average molecular weight is 245 g/mol. The second kappa shape index (κ2) is 4.24. The van der Waals surface area contributed by atoms with Crippen molar-refractivity contribution in [3.05, 3.63) is 10.7 Å². The van der Waals surface area contributed by atoms with Gasteiger partial charge < -0.3 is 10.7 Å². The molecule has 0 saturated carbocycles. The van der Waals surface area contributed by atoms with E-state index in [2.05, 4.69) is 15.9 Å². The van der Waals surface area contributed by atoms with Crippen LogP contribution in [0.2, 0.25) is 0 Å². The molecule has 1 amide bonds. The van der Waals surface area contributed by atoms with Crippen LogP contribution in [0, 0.1) is 5.41 Å². The van der Waals surface area contributed by atoms with E-state index in [1.54, 1.807) is 0 Å². The quantitative estimate of drug-likeness (QED) is 0.712. The Bertz CT molecular complexity index is 223. The minimum atomic E-state index is -4.90. The second-order valence-corrected chi connectivity index (χ2v) is 2.56. The molecule has 0 radical (unpaired) electrons. The van der Waals surface area contributed by atoms with Crippen LogP contribution in [0.15, 0.2) is 10.7 Å². The van der Waals surface area contributed by atoms with E-state index >= 15 is 0 Å². The van der Waals surface area contributed by atoms with Crippen LogP contribution in [0.1, 0.15) is 0 Å². The maximum absolute atomic E-state index is 11.5. The van der Waals surface area contributed by atoms with Crippen molar-refractivity contribution in [2.45, 2.75) is 6.18 Å². The van der Waals surface area contributed by atoms with Crippen molar-refractivity contribution in [3.8, 4) is 0 Å². The summed E-state index contributed by atoms with van der Waals surface area (Å²) in [5.41, 5.74) is 0. The lowest BCUT2D eigenvalue weighted by atomic mass is 10.5. The number of carbonyl (C=O) groups is 1. The topological polar surface area (TPSA) is 53.0 Å². The van der Waals surface area contributed by atoms with Gasteiger partial charge in [0.15, 0.2) is 0 Å². The first kappa shape index (κ1) is 11.2. The molecular weight excluding hydrogens is 241 g/mol. The summed E-state index contributed by atoms with van der Waals surface area (Å²) in [7, 11) is 0. The van der Waals surface area contributed by atoms with Crippen molar-refractivity contribution in [2.24, 2.45) is 0 Å². The van der Waals surface area contributed by atoms with Gasteiger partial charge in [-0.1, -0.05) is 0 Å². The van der Waals surface area contributed by atoms with Crippen molar-refractivity contribution in [1.82, 2.24) is 5.32 Å². The fraction of sp³-hybridized carbons (Fsp3) is 0.200. The average Bonchev–Trinajstić information content (AvgIpc) is 1.97. The van der Waals surface area contributed by atoms with Gasteiger partial charge in [0.25, 0.3) is 0 Å². The Morgan fingerprint density at radius 3 is 2.33 bits per heavy atom. The molecule has 0 heterocycles. The lowest BCUT2D eigenvalue weighted by Crippen LogP contribution is -2.33. The number of amides is 1. The van der Waals surface area contributed by atoms with E-state index in [1.165, 1.54) is 5.32 Å². The Labute approximate surface area is 74.3 Å². The van der Waals surface area contributed by atoms with Crippen LogP contribution in [0.3, 0.4) is 0 Å². The zero-order valence-corrected chi connectivity index (χ0v) is 7.16. The predicted molar refractivity (Wildman–Crippen MR) is 40.0 cm³/mol. The third kappa shape index (κ3) is 4.12. The minimum absolute atomic E-state index is 0.0418. The van der Waals surface area contributed by atoms with Gasteiger partial charge in [0.05, 0.1) is 4.48 Å². The number of rotatable bonds is 2. The summed E-state index contributed by atoms with van der Waals surface area (Å²) < 4.78 is 34.5. The summed E-state index contributed by atoms with van der Waals surface area (Å²) in [6, 6.07) is 0. The molecule has 12 heavy (non-hydrogen) atoms. The standard InChI is InChI=1S/C5H4BrF3N2O/c6-3(1-10)2-11-4(12)5(7,8)9/h1-2,10H,(H,11,12)/b3-2+,10-1?. The van der Waals surface area contributed by atoms with Gasteiger partial charge in [-0.3, -0.25) is 4.79 Å². The Hall–Kier alpha value is -0.850.